The molecule has 145 valence electrons. The number of nitrogens with two attached hydrogens (primary N) is 1. The molecule has 0 aliphatic carbocycles. The number of ether oxygens (including phenoxy) is 1. The van der Waals surface area contributed by atoms with E-state index in [4.69, 9.17) is 10.5 Å². The summed E-state index contributed by atoms with van der Waals surface area (Å²) in [6, 6.07) is 7.16. The maximum absolute atomic E-state index is 12.4. The third-order valence-electron chi connectivity index (χ3n) is 3.43. The average molecular weight is 433 g/mol. The van der Waals surface area contributed by atoms with Gasteiger partial charge in [-0.15, -0.1) is 0 Å². The van der Waals surface area contributed by atoms with Gasteiger partial charge in [0.2, 0.25) is 0 Å². The van der Waals surface area contributed by atoms with Crippen LogP contribution in [0.15, 0.2) is 24.3 Å². The van der Waals surface area contributed by atoms with Crippen molar-refractivity contribution in [2.75, 3.05) is 13.1 Å². The third kappa shape index (κ3) is 12.5. The van der Waals surface area contributed by atoms with Crippen molar-refractivity contribution in [1.82, 2.24) is 4.90 Å². The second-order valence-electron chi connectivity index (χ2n) is 5.81. The molecule has 1 amide bonds. The summed E-state index contributed by atoms with van der Waals surface area (Å²) in [6.07, 6.45) is -0.645. The molecule has 0 aromatic heterocycles. The van der Waals surface area contributed by atoms with Crippen LogP contribution in [0.25, 0.3) is 0 Å². The van der Waals surface area contributed by atoms with Crippen molar-refractivity contribution >= 4 is 6.09 Å². The summed E-state index contributed by atoms with van der Waals surface area (Å²) in [5.41, 5.74) is 6.03. The standard InChI is InChI=1S/C9H11F.C7H14N2O2.3CH4.Y/c1-7(2)8-3-5-9(10)6-4-8;1-5(2)9-3-6(4-9)11-7(8)10;;;;/h3-7H,1-2H3;5-6H,3-4H2,1-2H3,(H2,8,10);3*1H4;. The molecule has 2 N–H and O–H groups in total. The van der Waals surface area contributed by atoms with E-state index in [1.807, 2.05) is 12.1 Å². The van der Waals surface area contributed by atoms with E-state index in [2.05, 4.69) is 32.6 Å². The van der Waals surface area contributed by atoms with Crippen LogP contribution in [0.2, 0.25) is 0 Å². The zero-order valence-corrected chi connectivity index (χ0v) is 16.6. The van der Waals surface area contributed by atoms with Gasteiger partial charge in [-0.05, 0) is 37.5 Å². The molecule has 1 aliphatic rings. The number of hydrogen-bond donors (Lipinski definition) is 1. The molecule has 4 nitrogen and oxygen atoms in total. The van der Waals surface area contributed by atoms with Crippen LogP contribution in [-0.2, 0) is 37.4 Å². The van der Waals surface area contributed by atoms with Gasteiger partial charge < -0.3 is 10.5 Å². The Balaban J connectivity index is -0.000000152. The molecule has 0 spiro atoms. The van der Waals surface area contributed by atoms with Gasteiger partial charge in [-0.25, -0.2) is 9.18 Å². The van der Waals surface area contributed by atoms with Crippen molar-refractivity contribution in [3.8, 4) is 0 Å². The normalized spacial score (nSPS) is 12.9. The van der Waals surface area contributed by atoms with Gasteiger partial charge in [0.15, 0.2) is 0 Å². The Labute approximate surface area is 179 Å². The van der Waals surface area contributed by atoms with E-state index in [9.17, 15) is 9.18 Å². The number of nitrogens with zero attached hydrogens (tertiary/aromatic N) is 1. The zero-order valence-electron chi connectivity index (χ0n) is 13.8. The van der Waals surface area contributed by atoms with E-state index in [0.717, 1.165) is 13.1 Å². The number of benzene rings is 1. The minimum absolute atomic E-state index is 0. The summed E-state index contributed by atoms with van der Waals surface area (Å²) in [5.74, 6) is 0.324. The van der Waals surface area contributed by atoms with E-state index >= 15 is 0 Å². The van der Waals surface area contributed by atoms with Crippen molar-refractivity contribution in [2.24, 2.45) is 5.73 Å². The molecular formula is C19H37FN2O2Y. The molecule has 25 heavy (non-hydrogen) atoms. The number of halogens is 1. The summed E-state index contributed by atoms with van der Waals surface area (Å²) in [4.78, 5) is 12.5. The van der Waals surface area contributed by atoms with E-state index in [0.29, 0.717) is 12.0 Å². The van der Waals surface area contributed by atoms with Crippen molar-refractivity contribution in [3.05, 3.63) is 35.6 Å². The molecule has 0 unspecified atom stereocenters. The smallest absolute Gasteiger partial charge is 0.404 e. The predicted molar refractivity (Wildman–Crippen MR) is 102 cm³/mol. The molecule has 1 fully saturated rings. The van der Waals surface area contributed by atoms with Gasteiger partial charge >= 0.3 is 6.09 Å². The molecule has 1 heterocycles. The zero-order chi connectivity index (χ0) is 16.0. The van der Waals surface area contributed by atoms with Crippen molar-refractivity contribution < 1.29 is 46.6 Å². The summed E-state index contributed by atoms with van der Waals surface area (Å²) in [5, 5.41) is 0. The largest absolute Gasteiger partial charge is 0.444 e. The summed E-state index contributed by atoms with van der Waals surface area (Å²) in [6.45, 7) is 10.0. The Kier molecular flexibility index (Phi) is 20.2. The molecule has 2 rings (SSSR count). The van der Waals surface area contributed by atoms with Gasteiger partial charge in [0.1, 0.15) is 11.9 Å². The fourth-order valence-corrected chi connectivity index (χ4v) is 1.98. The van der Waals surface area contributed by atoms with Crippen LogP contribution in [0, 0.1) is 5.82 Å². The van der Waals surface area contributed by atoms with E-state index < -0.39 is 6.09 Å². The second-order valence-corrected chi connectivity index (χ2v) is 5.81. The van der Waals surface area contributed by atoms with Gasteiger partial charge in [-0.1, -0.05) is 48.3 Å². The van der Waals surface area contributed by atoms with Gasteiger partial charge in [0.25, 0.3) is 0 Å². The van der Waals surface area contributed by atoms with Gasteiger partial charge in [-0.3, -0.25) is 4.90 Å². The molecule has 1 aromatic carbocycles. The van der Waals surface area contributed by atoms with Crippen LogP contribution in [0.5, 0.6) is 0 Å². The minimum atomic E-state index is -0.668. The number of carbonyl (C=O) groups is 1. The van der Waals surface area contributed by atoms with Crippen molar-refractivity contribution in [2.45, 2.75) is 68.0 Å². The summed E-state index contributed by atoms with van der Waals surface area (Å²) >= 11 is 0. The Morgan fingerprint density at radius 1 is 1.12 bits per heavy atom. The molecule has 1 radical (unpaired) electrons. The summed E-state index contributed by atoms with van der Waals surface area (Å²) in [7, 11) is 0. The quantitative estimate of drug-likeness (QED) is 0.728. The first-order chi connectivity index (χ1) is 9.79. The number of primary amides is 1. The predicted octanol–water partition coefficient (Wildman–Crippen LogP) is 5.03. The van der Waals surface area contributed by atoms with Crippen LogP contribution >= 0.6 is 0 Å². The molecule has 0 saturated carbocycles. The van der Waals surface area contributed by atoms with Gasteiger partial charge in [0, 0.05) is 51.8 Å². The molecular weight excluding hydrogens is 396 g/mol. The first-order valence-corrected chi connectivity index (χ1v) is 7.25. The maximum Gasteiger partial charge on any atom is 0.404 e. The van der Waals surface area contributed by atoms with E-state index in [1.165, 1.54) is 17.7 Å². The van der Waals surface area contributed by atoms with Crippen LogP contribution < -0.4 is 5.73 Å². The Hall–Kier alpha value is -0.516. The Morgan fingerprint density at radius 3 is 1.88 bits per heavy atom. The van der Waals surface area contributed by atoms with Crippen LogP contribution in [-0.4, -0.2) is 36.2 Å². The molecule has 1 aliphatic heterocycles. The first-order valence-electron chi connectivity index (χ1n) is 7.25. The van der Waals surface area contributed by atoms with Crippen molar-refractivity contribution in [3.63, 3.8) is 0 Å². The fraction of sp³-hybridized carbons (Fsp3) is 0.632. The van der Waals surface area contributed by atoms with Crippen molar-refractivity contribution in [1.29, 1.82) is 0 Å². The van der Waals surface area contributed by atoms with Crippen LogP contribution in [0.1, 0.15) is 61.5 Å². The van der Waals surface area contributed by atoms with Crippen LogP contribution in [0.4, 0.5) is 9.18 Å². The summed E-state index contributed by atoms with van der Waals surface area (Å²) < 4.78 is 17.1. The number of amides is 1. The molecule has 1 aromatic rings. The van der Waals surface area contributed by atoms with E-state index in [-0.39, 0.29) is 66.9 Å². The number of hydrogen-bond acceptors (Lipinski definition) is 3. The minimum Gasteiger partial charge on any atom is -0.444 e. The second kappa shape index (κ2) is 15.7. The van der Waals surface area contributed by atoms with Crippen LogP contribution in [0.3, 0.4) is 0 Å². The average Bonchev–Trinajstić information content (AvgIpc) is 2.34. The molecule has 1 saturated heterocycles. The fourth-order valence-electron chi connectivity index (χ4n) is 1.98. The van der Waals surface area contributed by atoms with Gasteiger partial charge in [0.05, 0.1) is 0 Å². The third-order valence-corrected chi connectivity index (χ3v) is 3.43. The number of rotatable bonds is 3. The molecule has 0 bridgehead atoms. The maximum atomic E-state index is 12.4. The Morgan fingerprint density at radius 2 is 1.56 bits per heavy atom. The van der Waals surface area contributed by atoms with E-state index in [1.54, 1.807) is 0 Å². The Bertz CT molecular complexity index is 447. The SMILES string of the molecule is C.C.C.CC(C)N1CC(OC(N)=O)C1.CC(C)c1ccc(F)cc1.[Y]. The molecule has 0 atom stereocenters. The first kappa shape index (κ1) is 32.2. The number of carbonyl (C=O) groups excluding carboxylic acids is 1. The van der Waals surface area contributed by atoms with Gasteiger partial charge in [-0.2, -0.15) is 0 Å². The topological polar surface area (TPSA) is 55.6 Å². The monoisotopic (exact) mass is 433 g/mol. The number of likely N-dealkylation sites (tertiary alicyclic amines) is 1. The molecule has 6 heteroatoms.